The van der Waals surface area contributed by atoms with Crippen LogP contribution in [0.1, 0.15) is 5.82 Å². The molecule has 3 rings (SSSR count). The fourth-order valence-corrected chi connectivity index (χ4v) is 3.33. The zero-order valence-corrected chi connectivity index (χ0v) is 19.3. The molecule has 2 aromatic carbocycles. The molecule has 0 aliphatic heterocycles. The first-order chi connectivity index (χ1) is 13.3. The van der Waals surface area contributed by atoms with Gasteiger partial charge in [0.25, 0.3) is 0 Å². The van der Waals surface area contributed by atoms with E-state index in [9.17, 15) is 0 Å². The highest BCUT2D eigenvalue weighted by atomic mass is 127. The third-order valence-corrected chi connectivity index (χ3v) is 5.03. The van der Waals surface area contributed by atoms with Crippen molar-refractivity contribution in [3.8, 4) is 5.69 Å². The number of hydrogen-bond donors (Lipinski definition) is 2. The summed E-state index contributed by atoms with van der Waals surface area (Å²) in [5.74, 6) is 2.47. The van der Waals surface area contributed by atoms with Crippen molar-refractivity contribution in [2.24, 2.45) is 4.99 Å². The Kier molecular flexibility index (Phi) is 9.59. The molecule has 0 aliphatic rings. The lowest BCUT2D eigenvalue weighted by molar-refractivity contribution is 0.763. The molecule has 0 spiro atoms. The maximum atomic E-state index is 5.90. The van der Waals surface area contributed by atoms with Crippen molar-refractivity contribution < 1.29 is 0 Å². The van der Waals surface area contributed by atoms with Gasteiger partial charge < -0.3 is 10.6 Å². The first-order valence-corrected chi connectivity index (χ1v) is 9.90. The fraction of sp³-hybridized carbons (Fsp3) is 0.211. The van der Waals surface area contributed by atoms with Crippen molar-refractivity contribution in [2.45, 2.75) is 11.4 Å². The minimum absolute atomic E-state index is 0. The molecule has 2 N–H and O–H groups in total. The van der Waals surface area contributed by atoms with Gasteiger partial charge in [0.1, 0.15) is 6.33 Å². The number of nitrogens with zero attached hydrogens (tertiary/aromatic N) is 4. The monoisotopic (exact) mass is 528 g/mol. The van der Waals surface area contributed by atoms with Gasteiger partial charge in [-0.25, -0.2) is 0 Å². The summed E-state index contributed by atoms with van der Waals surface area (Å²) in [4.78, 5) is 5.45. The Morgan fingerprint density at radius 2 is 1.86 bits per heavy atom. The van der Waals surface area contributed by atoms with Crippen molar-refractivity contribution in [3.05, 3.63) is 71.8 Å². The van der Waals surface area contributed by atoms with Gasteiger partial charge in [-0.2, -0.15) is 0 Å². The standard InChI is InChI=1S/C19H21ClN6S.HI/c1-21-19(22-11-12-27-17-9-7-15(20)8-10-17)23-13-18-25-24-14-26(18)16-5-3-2-4-6-16;/h2-10,14H,11-13H2,1H3,(H2,21,22,23);1H. The van der Waals surface area contributed by atoms with Gasteiger partial charge in [0.15, 0.2) is 11.8 Å². The molecule has 6 nitrogen and oxygen atoms in total. The average molecular weight is 529 g/mol. The lowest BCUT2D eigenvalue weighted by Gasteiger charge is -2.12. The van der Waals surface area contributed by atoms with E-state index < -0.39 is 0 Å². The van der Waals surface area contributed by atoms with Gasteiger partial charge in [-0.3, -0.25) is 9.56 Å². The topological polar surface area (TPSA) is 67.1 Å². The minimum atomic E-state index is 0. The molecule has 148 valence electrons. The molecule has 0 fully saturated rings. The molecule has 1 heterocycles. The number of aliphatic imine (C=N–C) groups is 1. The highest BCUT2D eigenvalue weighted by Crippen LogP contribution is 2.19. The van der Waals surface area contributed by atoms with Crippen LogP contribution < -0.4 is 10.6 Å². The Morgan fingerprint density at radius 3 is 2.57 bits per heavy atom. The summed E-state index contributed by atoms with van der Waals surface area (Å²) in [7, 11) is 1.75. The van der Waals surface area contributed by atoms with Gasteiger partial charge in [-0.05, 0) is 36.4 Å². The largest absolute Gasteiger partial charge is 0.356 e. The number of thioether (sulfide) groups is 1. The lowest BCUT2D eigenvalue weighted by atomic mass is 10.3. The van der Waals surface area contributed by atoms with E-state index in [0.717, 1.165) is 34.8 Å². The molecule has 9 heteroatoms. The average Bonchev–Trinajstić information content (AvgIpc) is 3.18. The predicted molar refractivity (Wildman–Crippen MR) is 127 cm³/mol. The molecule has 0 unspecified atom stereocenters. The lowest BCUT2D eigenvalue weighted by Crippen LogP contribution is -2.38. The van der Waals surface area contributed by atoms with Crippen LogP contribution in [0.4, 0.5) is 0 Å². The molecule has 3 aromatic rings. The van der Waals surface area contributed by atoms with Gasteiger partial charge in [-0.1, -0.05) is 29.8 Å². The number of halogens is 2. The summed E-state index contributed by atoms with van der Waals surface area (Å²) < 4.78 is 1.96. The van der Waals surface area contributed by atoms with Gasteiger partial charge in [0.2, 0.25) is 0 Å². The van der Waals surface area contributed by atoms with Crippen LogP contribution in [0.25, 0.3) is 5.69 Å². The van der Waals surface area contributed by atoms with E-state index in [2.05, 4.69) is 25.8 Å². The van der Waals surface area contributed by atoms with E-state index in [4.69, 9.17) is 11.6 Å². The Bertz CT molecular complexity index is 870. The summed E-state index contributed by atoms with van der Waals surface area (Å²) >= 11 is 7.67. The summed E-state index contributed by atoms with van der Waals surface area (Å²) in [6, 6.07) is 17.9. The van der Waals surface area contributed by atoms with Crippen molar-refractivity contribution in [1.29, 1.82) is 0 Å². The first kappa shape index (κ1) is 22.5. The van der Waals surface area contributed by atoms with E-state index in [0.29, 0.717) is 6.54 Å². The number of hydrogen-bond acceptors (Lipinski definition) is 4. The summed E-state index contributed by atoms with van der Waals surface area (Å²) in [5.41, 5.74) is 1.03. The zero-order chi connectivity index (χ0) is 18.9. The van der Waals surface area contributed by atoms with Crippen LogP contribution in [0.5, 0.6) is 0 Å². The van der Waals surface area contributed by atoms with Crippen LogP contribution in [-0.2, 0) is 6.54 Å². The highest BCUT2D eigenvalue weighted by Gasteiger charge is 2.07. The van der Waals surface area contributed by atoms with Crippen molar-refractivity contribution in [3.63, 3.8) is 0 Å². The summed E-state index contributed by atoms with van der Waals surface area (Å²) in [5, 5.41) is 15.6. The molecule has 0 radical (unpaired) electrons. The van der Waals surface area contributed by atoms with Gasteiger partial charge in [0, 0.05) is 35.0 Å². The second-order valence-electron chi connectivity index (χ2n) is 5.61. The number of aromatic nitrogens is 3. The van der Waals surface area contributed by atoms with E-state index >= 15 is 0 Å². The Labute approximate surface area is 191 Å². The quantitative estimate of drug-likeness (QED) is 0.160. The number of nitrogens with one attached hydrogen (secondary N) is 2. The van der Waals surface area contributed by atoms with Crippen molar-refractivity contribution >= 4 is 53.3 Å². The van der Waals surface area contributed by atoms with E-state index in [1.165, 1.54) is 4.90 Å². The van der Waals surface area contributed by atoms with Crippen LogP contribution in [0.15, 0.2) is 70.8 Å². The molecule has 0 saturated carbocycles. The highest BCUT2D eigenvalue weighted by molar-refractivity contribution is 14.0. The van der Waals surface area contributed by atoms with Crippen LogP contribution in [-0.4, -0.2) is 40.1 Å². The van der Waals surface area contributed by atoms with Gasteiger partial charge in [0.05, 0.1) is 6.54 Å². The van der Waals surface area contributed by atoms with Crippen molar-refractivity contribution in [1.82, 2.24) is 25.4 Å². The second-order valence-corrected chi connectivity index (χ2v) is 7.21. The SMILES string of the molecule is CN=C(NCCSc1ccc(Cl)cc1)NCc1nncn1-c1ccccc1.I. The number of rotatable bonds is 7. The van der Waals surface area contributed by atoms with Crippen molar-refractivity contribution in [2.75, 3.05) is 19.3 Å². The maximum Gasteiger partial charge on any atom is 0.191 e. The molecule has 28 heavy (non-hydrogen) atoms. The molecule has 1 aromatic heterocycles. The summed E-state index contributed by atoms with van der Waals surface area (Å²) in [6.45, 7) is 1.32. The van der Waals surface area contributed by atoms with E-state index in [1.807, 2.05) is 59.2 Å². The minimum Gasteiger partial charge on any atom is -0.356 e. The smallest absolute Gasteiger partial charge is 0.191 e. The van der Waals surface area contributed by atoms with Crippen LogP contribution in [0.2, 0.25) is 5.02 Å². The predicted octanol–water partition coefficient (Wildman–Crippen LogP) is 4.00. The molecular weight excluding hydrogens is 507 g/mol. The fourth-order valence-electron chi connectivity index (χ4n) is 2.44. The van der Waals surface area contributed by atoms with E-state index in [1.54, 1.807) is 25.1 Å². The summed E-state index contributed by atoms with van der Waals surface area (Å²) in [6.07, 6.45) is 1.71. The maximum absolute atomic E-state index is 5.90. The molecule has 0 aliphatic carbocycles. The second kappa shape index (κ2) is 11.9. The molecule has 0 bridgehead atoms. The zero-order valence-electron chi connectivity index (χ0n) is 15.4. The van der Waals surface area contributed by atoms with Gasteiger partial charge in [-0.15, -0.1) is 45.9 Å². The first-order valence-electron chi connectivity index (χ1n) is 8.53. The third-order valence-electron chi connectivity index (χ3n) is 3.77. The number of para-hydroxylation sites is 1. The Hall–Kier alpha value is -1.78. The third kappa shape index (κ3) is 6.68. The molecular formula is C19H22ClIN6S. The Morgan fingerprint density at radius 1 is 1.11 bits per heavy atom. The molecule has 0 atom stereocenters. The molecule has 0 amide bonds. The molecule has 0 saturated heterocycles. The van der Waals surface area contributed by atoms with E-state index in [-0.39, 0.29) is 24.0 Å². The Balaban J connectivity index is 0.00000280. The number of guanidine groups is 1. The van der Waals surface area contributed by atoms with Gasteiger partial charge >= 0.3 is 0 Å². The van der Waals surface area contributed by atoms with Crippen LogP contribution >= 0.6 is 47.3 Å². The number of benzene rings is 2. The van der Waals surface area contributed by atoms with Crippen LogP contribution in [0.3, 0.4) is 0 Å². The van der Waals surface area contributed by atoms with Crippen LogP contribution in [0, 0.1) is 0 Å². The normalized spacial score (nSPS) is 11.0.